The largest absolute Gasteiger partial charge is 0.394 e. The third-order valence-electron chi connectivity index (χ3n) is 2.93. The van der Waals surface area contributed by atoms with Crippen LogP contribution in [0.2, 0.25) is 0 Å². The zero-order chi connectivity index (χ0) is 14.0. The van der Waals surface area contributed by atoms with Gasteiger partial charge in [-0.15, -0.1) is 0 Å². The topological polar surface area (TPSA) is 105 Å². The fraction of sp³-hybridized carbons (Fsp3) is 0.455. The Bertz CT molecular complexity index is 593. The van der Waals surface area contributed by atoms with Crippen LogP contribution in [0.25, 0.3) is 6.08 Å². The van der Waals surface area contributed by atoms with E-state index in [9.17, 15) is 14.7 Å². The molecule has 1 aliphatic heterocycles. The highest BCUT2D eigenvalue weighted by Crippen LogP contribution is 2.27. The Labute approximate surface area is 116 Å². The minimum atomic E-state index is -0.844. The summed E-state index contributed by atoms with van der Waals surface area (Å²) in [6, 6.07) is 0. The second-order valence-electron chi connectivity index (χ2n) is 4.16. The van der Waals surface area contributed by atoms with E-state index >= 15 is 0 Å². The van der Waals surface area contributed by atoms with E-state index in [1.54, 1.807) is 0 Å². The molecule has 1 aliphatic rings. The summed E-state index contributed by atoms with van der Waals surface area (Å²) in [5.74, 6) is 0. The predicted molar refractivity (Wildman–Crippen MR) is 70.9 cm³/mol. The monoisotopic (exact) mass is 332 g/mol. The number of aliphatic hydroxyl groups excluding tert-OH is 2. The molecule has 104 valence electrons. The molecule has 0 unspecified atom stereocenters. The minimum absolute atomic E-state index is 0.175. The maximum absolute atomic E-state index is 11.7. The van der Waals surface area contributed by atoms with Crippen LogP contribution in [0.3, 0.4) is 0 Å². The van der Waals surface area contributed by atoms with Crippen LogP contribution in [0.5, 0.6) is 0 Å². The van der Waals surface area contributed by atoms with E-state index < -0.39 is 29.7 Å². The summed E-state index contributed by atoms with van der Waals surface area (Å²) in [7, 11) is 0. The molecule has 3 N–H and O–H groups in total. The number of halogens is 1. The number of hydrogen-bond acceptors (Lipinski definition) is 5. The molecule has 8 heteroatoms. The molecule has 1 aromatic rings. The van der Waals surface area contributed by atoms with Crippen molar-refractivity contribution >= 4 is 22.0 Å². The van der Waals surface area contributed by atoms with Gasteiger partial charge < -0.3 is 14.9 Å². The van der Waals surface area contributed by atoms with Crippen molar-refractivity contribution < 1.29 is 14.9 Å². The van der Waals surface area contributed by atoms with Crippen LogP contribution < -0.4 is 11.2 Å². The van der Waals surface area contributed by atoms with Gasteiger partial charge >= 0.3 is 5.69 Å². The van der Waals surface area contributed by atoms with Gasteiger partial charge in [-0.05, 0) is 11.1 Å². The van der Waals surface area contributed by atoms with Crippen molar-refractivity contribution in [2.24, 2.45) is 0 Å². The predicted octanol–water partition coefficient (Wildman–Crippen LogP) is -0.457. The lowest BCUT2D eigenvalue weighted by Crippen LogP contribution is -2.33. The third-order valence-corrected chi connectivity index (χ3v) is 3.20. The second kappa shape index (κ2) is 5.83. The van der Waals surface area contributed by atoms with Gasteiger partial charge in [-0.25, -0.2) is 4.79 Å². The number of hydrogen-bond donors (Lipinski definition) is 3. The number of aliphatic hydroxyl groups is 2. The van der Waals surface area contributed by atoms with E-state index in [1.807, 2.05) is 0 Å². The first-order chi connectivity index (χ1) is 9.06. The number of ether oxygens (including phenoxy) is 1. The lowest BCUT2D eigenvalue weighted by molar-refractivity contribution is -0.0459. The smallest absolute Gasteiger partial charge is 0.330 e. The molecular formula is C11H13BrN2O5. The van der Waals surface area contributed by atoms with Crippen LogP contribution in [0.15, 0.2) is 20.8 Å². The molecule has 2 heterocycles. The summed E-state index contributed by atoms with van der Waals surface area (Å²) in [5, 5.41) is 18.7. The summed E-state index contributed by atoms with van der Waals surface area (Å²) >= 11 is 3.05. The highest BCUT2D eigenvalue weighted by molar-refractivity contribution is 9.11. The van der Waals surface area contributed by atoms with Gasteiger partial charge in [0.2, 0.25) is 0 Å². The molecule has 1 saturated heterocycles. The van der Waals surface area contributed by atoms with Gasteiger partial charge in [-0.1, -0.05) is 15.9 Å². The average Bonchev–Trinajstić information content (AvgIpc) is 2.74. The van der Waals surface area contributed by atoms with Gasteiger partial charge in [0.25, 0.3) is 5.56 Å². The number of nitrogens with one attached hydrogen (secondary N) is 1. The van der Waals surface area contributed by atoms with Crippen molar-refractivity contribution in [3.05, 3.63) is 37.6 Å². The summed E-state index contributed by atoms with van der Waals surface area (Å²) < 4.78 is 6.56. The standard InChI is InChI=1S/C11H13BrN2O5/c12-2-1-6-4-14(11(18)13-10(6)17)9-3-7(16)8(5-15)19-9/h1-2,4,7-9,15-16H,3,5H2,(H,13,17,18)/t7-,8+,9+/m1/s1. The van der Waals surface area contributed by atoms with Crippen LogP contribution >= 0.6 is 15.9 Å². The number of rotatable bonds is 3. The summed E-state index contributed by atoms with van der Waals surface area (Å²) in [5.41, 5.74) is -0.844. The quantitative estimate of drug-likeness (QED) is 0.695. The zero-order valence-corrected chi connectivity index (χ0v) is 11.4. The number of H-pyrrole nitrogens is 1. The molecule has 0 bridgehead atoms. The number of aromatic amines is 1. The Morgan fingerprint density at radius 3 is 2.89 bits per heavy atom. The molecule has 19 heavy (non-hydrogen) atoms. The Kier molecular flexibility index (Phi) is 4.35. The highest BCUT2D eigenvalue weighted by atomic mass is 79.9. The van der Waals surface area contributed by atoms with Gasteiger partial charge in [0, 0.05) is 12.6 Å². The molecule has 0 aliphatic carbocycles. The lowest BCUT2D eigenvalue weighted by Gasteiger charge is -2.14. The molecule has 1 fully saturated rings. The first-order valence-corrected chi connectivity index (χ1v) is 6.55. The molecule has 7 nitrogen and oxygen atoms in total. The van der Waals surface area contributed by atoms with Crippen molar-refractivity contribution in [3.63, 3.8) is 0 Å². The van der Waals surface area contributed by atoms with Gasteiger partial charge in [-0.2, -0.15) is 0 Å². The average molecular weight is 333 g/mol. The van der Waals surface area contributed by atoms with Crippen molar-refractivity contribution in [2.45, 2.75) is 24.9 Å². The fourth-order valence-corrected chi connectivity index (χ4v) is 2.24. The third kappa shape index (κ3) is 2.86. The Morgan fingerprint density at radius 1 is 1.58 bits per heavy atom. The van der Waals surface area contributed by atoms with Crippen LogP contribution in [-0.4, -0.2) is 38.6 Å². The number of nitrogens with zero attached hydrogens (tertiary/aromatic N) is 1. The van der Waals surface area contributed by atoms with Crippen LogP contribution in [0, 0.1) is 0 Å². The molecule has 3 atom stereocenters. The Hall–Kier alpha value is -1.22. The van der Waals surface area contributed by atoms with Crippen LogP contribution in [0.1, 0.15) is 18.2 Å². The van der Waals surface area contributed by atoms with Crippen LogP contribution in [-0.2, 0) is 4.74 Å². The van der Waals surface area contributed by atoms with E-state index in [-0.39, 0.29) is 18.6 Å². The van der Waals surface area contributed by atoms with Gasteiger partial charge in [0.15, 0.2) is 0 Å². The highest BCUT2D eigenvalue weighted by Gasteiger charge is 2.35. The van der Waals surface area contributed by atoms with Gasteiger partial charge in [0.05, 0.1) is 18.3 Å². The second-order valence-corrected chi connectivity index (χ2v) is 4.69. The van der Waals surface area contributed by atoms with Crippen molar-refractivity contribution in [3.8, 4) is 0 Å². The van der Waals surface area contributed by atoms with Crippen LogP contribution in [0.4, 0.5) is 0 Å². The molecule has 0 aromatic carbocycles. The molecule has 0 spiro atoms. The first-order valence-electron chi connectivity index (χ1n) is 5.63. The zero-order valence-electron chi connectivity index (χ0n) is 9.82. The first kappa shape index (κ1) is 14.2. The summed E-state index contributed by atoms with van der Waals surface area (Å²) in [6.07, 6.45) is 0.746. The van der Waals surface area contributed by atoms with E-state index in [2.05, 4.69) is 20.9 Å². The summed E-state index contributed by atoms with van der Waals surface area (Å²) in [4.78, 5) is 26.9. The summed E-state index contributed by atoms with van der Waals surface area (Å²) in [6.45, 7) is -0.329. The van der Waals surface area contributed by atoms with Gasteiger partial charge in [0.1, 0.15) is 12.3 Å². The molecule has 0 saturated carbocycles. The van der Waals surface area contributed by atoms with Crippen molar-refractivity contribution in [1.29, 1.82) is 0 Å². The molecule has 1 aromatic heterocycles. The Balaban J connectivity index is 2.38. The lowest BCUT2D eigenvalue weighted by atomic mass is 10.2. The van der Waals surface area contributed by atoms with E-state index in [4.69, 9.17) is 9.84 Å². The molecular weight excluding hydrogens is 320 g/mol. The SMILES string of the molecule is O=c1[nH]c(=O)n([C@@H]2C[C@@H](O)[C@H](CO)O2)cc1C=CBr. The van der Waals surface area contributed by atoms with Gasteiger partial charge in [-0.3, -0.25) is 14.3 Å². The molecule has 0 radical (unpaired) electrons. The molecule has 0 amide bonds. The molecule has 2 rings (SSSR count). The normalized spacial score (nSPS) is 27.2. The van der Waals surface area contributed by atoms with E-state index in [0.29, 0.717) is 0 Å². The van der Waals surface area contributed by atoms with E-state index in [0.717, 1.165) is 0 Å². The van der Waals surface area contributed by atoms with Crippen molar-refractivity contribution in [1.82, 2.24) is 9.55 Å². The number of aromatic nitrogens is 2. The Morgan fingerprint density at radius 2 is 2.32 bits per heavy atom. The van der Waals surface area contributed by atoms with E-state index in [1.165, 1.54) is 21.8 Å². The minimum Gasteiger partial charge on any atom is -0.394 e. The maximum Gasteiger partial charge on any atom is 0.330 e. The fourth-order valence-electron chi connectivity index (χ4n) is 1.95. The maximum atomic E-state index is 11.7. The van der Waals surface area contributed by atoms with Crippen molar-refractivity contribution in [2.75, 3.05) is 6.61 Å².